The predicted molar refractivity (Wildman–Crippen MR) is 43.5 cm³/mol. The molecule has 0 atom stereocenters. The first-order valence-electron chi connectivity index (χ1n) is 2.52. The van der Waals surface area contributed by atoms with Gasteiger partial charge in [-0.3, -0.25) is 0 Å². The van der Waals surface area contributed by atoms with Crippen molar-refractivity contribution >= 4 is 33.2 Å². The summed E-state index contributed by atoms with van der Waals surface area (Å²) in [6.45, 7) is 0. The number of anilines is 1. The van der Waals surface area contributed by atoms with Crippen molar-refractivity contribution in [2.24, 2.45) is 0 Å². The van der Waals surface area contributed by atoms with Gasteiger partial charge in [0.15, 0.2) is 0 Å². The molecule has 10 heavy (non-hydrogen) atoms. The molecule has 0 aliphatic carbocycles. The fourth-order valence-electron chi connectivity index (χ4n) is 0.541. The molecule has 0 heterocycles. The van der Waals surface area contributed by atoms with Gasteiger partial charge in [0.1, 0.15) is 5.82 Å². The lowest BCUT2D eigenvalue weighted by Crippen LogP contribution is -1.88. The molecule has 0 amide bonds. The second-order valence-corrected chi connectivity index (χ2v) is 2.94. The van der Waals surface area contributed by atoms with E-state index in [0.29, 0.717) is 5.69 Å². The summed E-state index contributed by atoms with van der Waals surface area (Å²) in [5.74, 6) is -0.404. The van der Waals surface area contributed by atoms with Gasteiger partial charge >= 0.3 is 0 Å². The Morgan fingerprint density at radius 3 is 2.60 bits per heavy atom. The van der Waals surface area contributed by atoms with E-state index in [9.17, 15) is 4.39 Å². The Hall–Kier alpha value is -0.280. The number of benzene rings is 1. The van der Waals surface area contributed by atoms with Crippen molar-refractivity contribution in [1.29, 1.82) is 0 Å². The van der Waals surface area contributed by atoms with Crippen molar-refractivity contribution in [2.75, 3.05) is 5.73 Å². The molecule has 0 fully saturated rings. The van der Waals surface area contributed by atoms with Crippen LogP contribution in [0.15, 0.2) is 16.6 Å². The molecule has 0 saturated carbocycles. The van der Waals surface area contributed by atoms with Gasteiger partial charge in [0.05, 0.1) is 15.2 Å². The summed E-state index contributed by atoms with van der Waals surface area (Å²) in [7, 11) is 0. The summed E-state index contributed by atoms with van der Waals surface area (Å²) >= 11 is 8.51. The highest BCUT2D eigenvalue weighted by molar-refractivity contribution is 9.10. The molecular weight excluding hydrogens is 220 g/mol. The maximum atomic E-state index is 12.6. The molecule has 0 radical (unpaired) electrons. The summed E-state index contributed by atoms with van der Waals surface area (Å²) in [6.07, 6.45) is 0. The van der Waals surface area contributed by atoms with Gasteiger partial charge in [0.2, 0.25) is 0 Å². The number of nitrogen functional groups attached to an aromatic ring is 1. The molecule has 0 bridgehead atoms. The predicted octanol–water partition coefficient (Wildman–Crippen LogP) is 2.82. The van der Waals surface area contributed by atoms with Gasteiger partial charge in [0, 0.05) is 0 Å². The Morgan fingerprint density at radius 2 is 2.10 bits per heavy atom. The topological polar surface area (TPSA) is 26.0 Å². The van der Waals surface area contributed by atoms with Crippen molar-refractivity contribution < 1.29 is 4.39 Å². The summed E-state index contributed by atoms with van der Waals surface area (Å²) < 4.78 is 12.8. The number of hydrogen-bond acceptors (Lipinski definition) is 1. The molecule has 4 heteroatoms. The summed E-state index contributed by atoms with van der Waals surface area (Å²) in [5, 5.41) is 0.222. The van der Waals surface area contributed by atoms with Crippen LogP contribution in [0.3, 0.4) is 0 Å². The highest BCUT2D eigenvalue weighted by atomic mass is 79.9. The molecule has 0 aliphatic rings. The third kappa shape index (κ3) is 1.25. The second-order valence-electron chi connectivity index (χ2n) is 1.76. The van der Waals surface area contributed by atoms with Crippen LogP contribution in [0, 0.1) is 5.82 Å². The Labute approximate surface area is 71.1 Å². The third-order valence-corrected chi connectivity index (χ3v) is 2.48. The van der Waals surface area contributed by atoms with E-state index in [2.05, 4.69) is 15.9 Å². The van der Waals surface area contributed by atoms with Crippen LogP contribution < -0.4 is 5.73 Å². The summed E-state index contributed by atoms with van der Waals surface area (Å²) in [6, 6.07) is 2.67. The zero-order chi connectivity index (χ0) is 7.72. The van der Waals surface area contributed by atoms with Gasteiger partial charge < -0.3 is 5.73 Å². The van der Waals surface area contributed by atoms with Gasteiger partial charge in [-0.1, -0.05) is 11.6 Å². The lowest BCUT2D eigenvalue weighted by Gasteiger charge is -1.99. The molecule has 0 unspecified atom stereocenters. The van der Waals surface area contributed by atoms with E-state index in [4.69, 9.17) is 17.3 Å². The molecule has 2 N–H and O–H groups in total. The monoisotopic (exact) mass is 223 g/mol. The third-order valence-electron chi connectivity index (χ3n) is 1.07. The van der Waals surface area contributed by atoms with Crippen molar-refractivity contribution in [1.82, 2.24) is 0 Å². The molecule has 1 rings (SSSR count). The van der Waals surface area contributed by atoms with E-state index >= 15 is 0 Å². The fraction of sp³-hybridized carbons (Fsp3) is 0. The molecule has 1 aromatic carbocycles. The van der Waals surface area contributed by atoms with Crippen molar-refractivity contribution in [3.05, 3.63) is 27.4 Å². The zero-order valence-corrected chi connectivity index (χ0v) is 7.21. The van der Waals surface area contributed by atoms with E-state index in [1.165, 1.54) is 12.1 Å². The molecule has 54 valence electrons. The summed E-state index contributed by atoms with van der Waals surface area (Å²) in [4.78, 5) is 0. The quantitative estimate of drug-likeness (QED) is 0.532. The van der Waals surface area contributed by atoms with Crippen LogP contribution in [-0.2, 0) is 0 Å². The number of rotatable bonds is 0. The number of hydrogen-bond donors (Lipinski definition) is 1. The maximum Gasteiger partial charge on any atom is 0.139 e. The Kier molecular flexibility index (Phi) is 2.16. The average molecular weight is 224 g/mol. The largest absolute Gasteiger partial charge is 0.397 e. The Morgan fingerprint density at radius 1 is 1.50 bits per heavy atom. The smallest absolute Gasteiger partial charge is 0.139 e. The molecule has 0 saturated heterocycles. The van der Waals surface area contributed by atoms with E-state index in [-0.39, 0.29) is 9.50 Å². The molecule has 0 aromatic heterocycles. The fourth-order valence-corrected chi connectivity index (χ4v) is 1.06. The van der Waals surface area contributed by atoms with Crippen molar-refractivity contribution in [2.45, 2.75) is 0 Å². The maximum absolute atomic E-state index is 12.6. The van der Waals surface area contributed by atoms with Gasteiger partial charge in [-0.25, -0.2) is 4.39 Å². The average Bonchev–Trinajstić information content (AvgIpc) is 1.93. The zero-order valence-electron chi connectivity index (χ0n) is 4.87. The van der Waals surface area contributed by atoms with Crippen LogP contribution in [0.1, 0.15) is 0 Å². The van der Waals surface area contributed by atoms with E-state index in [1.54, 1.807) is 0 Å². The highest BCUT2D eigenvalue weighted by Crippen LogP contribution is 2.30. The van der Waals surface area contributed by atoms with Crippen LogP contribution in [0.5, 0.6) is 0 Å². The normalized spacial score (nSPS) is 9.90. The van der Waals surface area contributed by atoms with E-state index in [0.717, 1.165) is 0 Å². The first-order chi connectivity index (χ1) is 4.63. The molecule has 0 spiro atoms. The van der Waals surface area contributed by atoms with Crippen LogP contribution in [0.4, 0.5) is 10.1 Å². The van der Waals surface area contributed by atoms with Crippen molar-refractivity contribution in [3.8, 4) is 0 Å². The van der Waals surface area contributed by atoms with Crippen molar-refractivity contribution in [3.63, 3.8) is 0 Å². The van der Waals surface area contributed by atoms with Gasteiger partial charge in [-0.05, 0) is 28.1 Å². The Balaban J connectivity index is 3.34. The molecule has 0 aliphatic heterocycles. The second kappa shape index (κ2) is 2.76. The van der Waals surface area contributed by atoms with Gasteiger partial charge in [0.25, 0.3) is 0 Å². The Bertz CT molecular complexity index is 237. The van der Waals surface area contributed by atoms with E-state index in [1.807, 2.05) is 0 Å². The lowest BCUT2D eigenvalue weighted by molar-refractivity contribution is 0.621. The standard InChI is InChI=1S/C6H4BrClFN/c7-5-3(9)1-2-4(10)6(5)8/h1-2H,10H2. The van der Waals surface area contributed by atoms with Crippen LogP contribution in [-0.4, -0.2) is 0 Å². The minimum atomic E-state index is -0.404. The first kappa shape index (κ1) is 7.82. The van der Waals surface area contributed by atoms with Gasteiger partial charge in [-0.15, -0.1) is 0 Å². The lowest BCUT2D eigenvalue weighted by atomic mass is 10.3. The first-order valence-corrected chi connectivity index (χ1v) is 3.69. The number of nitrogens with two attached hydrogens (primary N) is 1. The highest BCUT2D eigenvalue weighted by Gasteiger charge is 2.05. The van der Waals surface area contributed by atoms with E-state index < -0.39 is 5.82 Å². The minimum absolute atomic E-state index is 0.217. The van der Waals surface area contributed by atoms with Crippen LogP contribution in [0.25, 0.3) is 0 Å². The molecular formula is C6H4BrClFN. The molecule has 1 nitrogen and oxygen atoms in total. The van der Waals surface area contributed by atoms with Crippen LogP contribution in [0.2, 0.25) is 5.02 Å². The summed E-state index contributed by atoms with van der Waals surface area (Å²) in [5.41, 5.74) is 5.73. The van der Waals surface area contributed by atoms with Crippen LogP contribution >= 0.6 is 27.5 Å². The minimum Gasteiger partial charge on any atom is -0.397 e. The van der Waals surface area contributed by atoms with Gasteiger partial charge in [-0.2, -0.15) is 0 Å². The molecule has 1 aromatic rings. The number of halogens is 3. The SMILES string of the molecule is Nc1ccc(F)c(Br)c1Cl.